The monoisotopic (exact) mass is 836 g/mol. The number of fused-ring (bicyclic) bond motifs is 4. The molecule has 0 spiro atoms. The molecule has 11 rings (SSSR count). The van der Waals surface area contributed by atoms with Gasteiger partial charge in [0.05, 0.1) is 0 Å². The van der Waals surface area contributed by atoms with Crippen LogP contribution < -0.4 is 26.2 Å². The highest BCUT2D eigenvalue weighted by molar-refractivity contribution is 7.00. The zero-order valence-corrected chi connectivity index (χ0v) is 38.2. The minimum absolute atomic E-state index is 0.0000921. The Hall–Kier alpha value is -7.36. The minimum atomic E-state index is -0.0458. The highest BCUT2D eigenvalue weighted by atomic mass is 15.2. The number of anilines is 6. The van der Waals surface area contributed by atoms with Crippen LogP contribution in [0.2, 0.25) is 0 Å². The molecule has 2 heterocycles. The normalized spacial score (nSPS) is 13.0. The summed E-state index contributed by atoms with van der Waals surface area (Å²) in [6.07, 6.45) is 0. The average molecular weight is 837 g/mol. The number of rotatable bonds is 6. The summed E-state index contributed by atoms with van der Waals surface area (Å²) in [6, 6.07) is 79.2. The fourth-order valence-corrected chi connectivity index (χ4v) is 10.1. The van der Waals surface area contributed by atoms with Gasteiger partial charge >= 0.3 is 0 Å². The smallest absolute Gasteiger partial charge is 0.252 e. The zero-order valence-electron chi connectivity index (χ0n) is 38.2. The van der Waals surface area contributed by atoms with E-state index in [0.29, 0.717) is 0 Å². The maximum Gasteiger partial charge on any atom is 0.252 e. The van der Waals surface area contributed by atoms with Gasteiger partial charge in [0, 0.05) is 34.1 Å². The maximum absolute atomic E-state index is 2.56. The number of nitrogens with zero attached hydrogens (tertiary/aromatic N) is 2. The highest BCUT2D eigenvalue weighted by Crippen LogP contribution is 2.47. The van der Waals surface area contributed by atoms with Crippen molar-refractivity contribution in [3.8, 4) is 44.5 Å². The SMILES string of the molecule is CC(C)(C)c1ccc2c(c1)B1c3cc(C(C)(C)C)ccc3N(c3cc(-c4ccccc4)cc(-c4ccccc4)c3)c3cccc(c31)N2c1cc(-c2ccccc2)cc(-c2ccccc2)c1. The van der Waals surface area contributed by atoms with Crippen molar-refractivity contribution < 1.29 is 0 Å². The molecule has 65 heavy (non-hydrogen) atoms. The quantitative estimate of drug-likeness (QED) is 0.154. The molecule has 2 aliphatic heterocycles. The van der Waals surface area contributed by atoms with Crippen molar-refractivity contribution in [2.45, 2.75) is 52.4 Å². The molecule has 0 fully saturated rings. The summed E-state index contributed by atoms with van der Waals surface area (Å²) >= 11 is 0. The van der Waals surface area contributed by atoms with E-state index in [-0.39, 0.29) is 17.5 Å². The molecule has 0 radical (unpaired) electrons. The van der Waals surface area contributed by atoms with Gasteiger partial charge in [0.1, 0.15) is 0 Å². The van der Waals surface area contributed by atoms with E-state index in [0.717, 1.165) is 11.4 Å². The Morgan fingerprint density at radius 2 is 0.615 bits per heavy atom. The van der Waals surface area contributed by atoms with E-state index >= 15 is 0 Å². The first-order chi connectivity index (χ1) is 31.5. The van der Waals surface area contributed by atoms with Crippen LogP contribution in [-0.4, -0.2) is 6.71 Å². The number of hydrogen-bond donors (Lipinski definition) is 0. The van der Waals surface area contributed by atoms with E-state index in [1.54, 1.807) is 0 Å². The summed E-state index contributed by atoms with van der Waals surface area (Å²) in [4.78, 5) is 5.12. The molecule has 0 N–H and O–H groups in total. The zero-order chi connectivity index (χ0) is 44.5. The summed E-state index contributed by atoms with van der Waals surface area (Å²) < 4.78 is 0. The Morgan fingerprint density at radius 1 is 0.292 bits per heavy atom. The van der Waals surface area contributed by atoms with Crippen molar-refractivity contribution in [3.63, 3.8) is 0 Å². The predicted octanol–water partition coefficient (Wildman–Crippen LogP) is 15.0. The summed E-state index contributed by atoms with van der Waals surface area (Å²) in [5.74, 6) is 0. The predicted molar refractivity (Wildman–Crippen MR) is 280 cm³/mol. The summed E-state index contributed by atoms with van der Waals surface area (Å²) in [5, 5.41) is 0. The van der Waals surface area contributed by atoms with Gasteiger partial charge < -0.3 is 9.80 Å². The lowest BCUT2D eigenvalue weighted by atomic mass is 9.33. The standard InChI is InChI=1S/C62H53BN2/c1-61(2,3)50-30-32-56-54(40-50)63-55-41-51(62(4,5)6)31-33-57(55)65(53-38-48(44-24-15-9-16-25-44)35-49(39-53)45-26-17-10-18-27-45)59-29-19-28-58(60(59)63)64(56)52-36-46(42-20-11-7-12-21-42)34-47(37-52)43-22-13-8-14-23-43/h7-41H,1-6H3. The fraction of sp³-hybridized carbons (Fsp3) is 0.129. The third-order valence-corrected chi connectivity index (χ3v) is 13.5. The van der Waals surface area contributed by atoms with Gasteiger partial charge in [-0.15, -0.1) is 0 Å². The third-order valence-electron chi connectivity index (χ3n) is 13.5. The van der Waals surface area contributed by atoms with Crippen LogP contribution in [0.5, 0.6) is 0 Å². The van der Waals surface area contributed by atoms with Gasteiger partial charge in [-0.25, -0.2) is 0 Å². The molecule has 0 aliphatic carbocycles. The van der Waals surface area contributed by atoms with Crippen LogP contribution in [0.4, 0.5) is 34.1 Å². The molecule has 0 aromatic heterocycles. The molecule has 0 amide bonds. The van der Waals surface area contributed by atoms with E-state index in [2.05, 4.69) is 264 Å². The molecule has 2 aliphatic rings. The first-order valence-electron chi connectivity index (χ1n) is 23.0. The van der Waals surface area contributed by atoms with Crippen LogP contribution >= 0.6 is 0 Å². The van der Waals surface area contributed by atoms with Crippen molar-refractivity contribution >= 4 is 57.2 Å². The Balaban J connectivity index is 1.22. The molecule has 0 saturated heterocycles. The van der Waals surface area contributed by atoms with Crippen LogP contribution in [-0.2, 0) is 10.8 Å². The first kappa shape index (κ1) is 40.4. The number of benzene rings is 9. The largest absolute Gasteiger partial charge is 0.311 e. The molecular weight excluding hydrogens is 784 g/mol. The van der Waals surface area contributed by atoms with Crippen LogP contribution in [0.1, 0.15) is 52.7 Å². The van der Waals surface area contributed by atoms with Crippen molar-refractivity contribution in [2.24, 2.45) is 0 Å². The van der Waals surface area contributed by atoms with Crippen LogP contribution in [0.25, 0.3) is 44.5 Å². The van der Waals surface area contributed by atoms with Crippen LogP contribution in [0.15, 0.2) is 212 Å². The Kier molecular flexibility index (Phi) is 9.77. The summed E-state index contributed by atoms with van der Waals surface area (Å²) in [6.45, 7) is 14.0. The molecular formula is C62H53BN2. The van der Waals surface area contributed by atoms with E-state index in [9.17, 15) is 0 Å². The Labute approximate surface area is 385 Å². The van der Waals surface area contributed by atoms with Gasteiger partial charge in [0.2, 0.25) is 0 Å². The van der Waals surface area contributed by atoms with Gasteiger partial charge in [-0.2, -0.15) is 0 Å². The van der Waals surface area contributed by atoms with Crippen LogP contribution in [0.3, 0.4) is 0 Å². The van der Waals surface area contributed by atoms with Crippen molar-refractivity contribution in [2.75, 3.05) is 9.80 Å². The molecule has 0 unspecified atom stereocenters. The van der Waals surface area contributed by atoms with E-state index in [1.807, 2.05) is 0 Å². The van der Waals surface area contributed by atoms with E-state index in [4.69, 9.17) is 0 Å². The summed E-state index contributed by atoms with van der Waals surface area (Å²) in [7, 11) is 0. The van der Waals surface area contributed by atoms with Crippen molar-refractivity contribution in [3.05, 3.63) is 223 Å². The molecule has 2 nitrogen and oxygen atoms in total. The second-order valence-corrected chi connectivity index (χ2v) is 19.9. The Morgan fingerprint density at radius 3 is 0.923 bits per heavy atom. The highest BCUT2D eigenvalue weighted by Gasteiger charge is 2.44. The molecule has 0 atom stereocenters. The van der Waals surface area contributed by atoms with Crippen molar-refractivity contribution in [1.82, 2.24) is 0 Å². The third kappa shape index (κ3) is 7.26. The molecule has 314 valence electrons. The lowest BCUT2D eigenvalue weighted by Crippen LogP contribution is -2.61. The second kappa shape index (κ2) is 15.7. The van der Waals surface area contributed by atoms with Crippen molar-refractivity contribution in [1.29, 1.82) is 0 Å². The van der Waals surface area contributed by atoms with Gasteiger partial charge in [0.25, 0.3) is 6.71 Å². The molecule has 9 aromatic rings. The molecule has 3 heteroatoms. The van der Waals surface area contributed by atoms with Gasteiger partial charge in [0.15, 0.2) is 0 Å². The molecule has 0 bridgehead atoms. The molecule has 0 saturated carbocycles. The molecule has 9 aromatic carbocycles. The Bertz CT molecular complexity index is 2890. The lowest BCUT2D eigenvalue weighted by Gasteiger charge is -2.45. The second-order valence-electron chi connectivity index (χ2n) is 19.9. The average Bonchev–Trinajstić information content (AvgIpc) is 3.34. The summed E-state index contributed by atoms with van der Waals surface area (Å²) in [5.41, 5.74) is 23.2. The van der Waals surface area contributed by atoms with E-state index in [1.165, 1.54) is 94.8 Å². The van der Waals surface area contributed by atoms with Gasteiger partial charge in [-0.3, -0.25) is 0 Å². The van der Waals surface area contributed by atoms with Gasteiger partial charge in [-0.05, 0) is 144 Å². The number of hydrogen-bond acceptors (Lipinski definition) is 2. The topological polar surface area (TPSA) is 6.48 Å². The maximum atomic E-state index is 2.56. The fourth-order valence-electron chi connectivity index (χ4n) is 10.1. The minimum Gasteiger partial charge on any atom is -0.311 e. The van der Waals surface area contributed by atoms with Crippen LogP contribution in [0, 0.1) is 0 Å². The van der Waals surface area contributed by atoms with Gasteiger partial charge in [-0.1, -0.05) is 193 Å². The first-order valence-corrected chi connectivity index (χ1v) is 23.0. The van der Waals surface area contributed by atoms with E-state index < -0.39 is 0 Å². The lowest BCUT2D eigenvalue weighted by molar-refractivity contribution is 0.590.